The Morgan fingerprint density at radius 2 is 1.62 bits per heavy atom. The van der Waals surface area contributed by atoms with Crippen LogP contribution in [0.2, 0.25) is 0 Å². The van der Waals surface area contributed by atoms with Gasteiger partial charge in [0.1, 0.15) is 11.5 Å². The largest absolute Gasteiger partial charge is 0.496 e. The fraction of sp³-hybridized carbons (Fsp3) is 0.269. The van der Waals surface area contributed by atoms with Crippen LogP contribution < -0.4 is 14.2 Å². The summed E-state index contributed by atoms with van der Waals surface area (Å²) in [7, 11) is -2.54. The van der Waals surface area contributed by atoms with Crippen LogP contribution in [-0.2, 0) is 10.0 Å². The zero-order chi connectivity index (χ0) is 24.1. The summed E-state index contributed by atoms with van der Waals surface area (Å²) in [6, 6.07) is 20.2. The number of ether oxygens (including phenoxy) is 2. The van der Waals surface area contributed by atoms with Crippen molar-refractivity contribution in [1.82, 2.24) is 4.90 Å². The van der Waals surface area contributed by atoms with Gasteiger partial charge in [0, 0.05) is 13.1 Å². The lowest BCUT2D eigenvalue weighted by Crippen LogP contribution is -2.38. The number of nitrogens with one attached hydrogen (secondary N) is 1. The Balaban J connectivity index is 1.61. The van der Waals surface area contributed by atoms with Gasteiger partial charge in [-0.25, -0.2) is 8.42 Å². The van der Waals surface area contributed by atoms with E-state index in [1.54, 1.807) is 41.3 Å². The second kappa shape index (κ2) is 10.2. The number of carbonyl (C=O) groups excluding carboxylic acids is 1. The maximum atomic E-state index is 13.3. The Morgan fingerprint density at radius 3 is 2.32 bits per heavy atom. The summed E-state index contributed by atoms with van der Waals surface area (Å²) in [5.41, 5.74) is 0.522. The molecule has 3 aromatic carbocycles. The van der Waals surface area contributed by atoms with Crippen LogP contribution in [0.25, 0.3) is 0 Å². The van der Waals surface area contributed by atoms with Gasteiger partial charge in [0.25, 0.3) is 15.9 Å². The highest BCUT2D eigenvalue weighted by molar-refractivity contribution is 7.92. The number of likely N-dealkylation sites (tertiary alicyclic amines) is 1. The molecule has 1 aliphatic heterocycles. The first-order valence-electron chi connectivity index (χ1n) is 11.2. The molecule has 0 unspecified atom stereocenters. The van der Waals surface area contributed by atoms with Crippen molar-refractivity contribution >= 4 is 21.6 Å². The van der Waals surface area contributed by atoms with Crippen LogP contribution in [-0.4, -0.2) is 39.4 Å². The van der Waals surface area contributed by atoms with Crippen molar-refractivity contribution in [3.8, 4) is 17.2 Å². The summed E-state index contributed by atoms with van der Waals surface area (Å²) < 4.78 is 40.4. The van der Waals surface area contributed by atoms with E-state index >= 15 is 0 Å². The topological polar surface area (TPSA) is 84.9 Å². The minimum absolute atomic E-state index is 0.0310. The molecule has 0 radical (unpaired) electrons. The Bertz CT molecular complexity index is 1250. The molecule has 0 aliphatic carbocycles. The third kappa shape index (κ3) is 5.34. The molecular formula is C26H28N2O5S. The van der Waals surface area contributed by atoms with Gasteiger partial charge in [-0.05, 0) is 61.2 Å². The summed E-state index contributed by atoms with van der Waals surface area (Å²) in [6.07, 6.45) is 1.84. The molecule has 34 heavy (non-hydrogen) atoms. The van der Waals surface area contributed by atoms with Crippen molar-refractivity contribution in [3.63, 3.8) is 0 Å². The first-order valence-corrected chi connectivity index (χ1v) is 12.7. The number of benzene rings is 3. The Kier molecular flexibility index (Phi) is 7.07. The number of methoxy groups -OCH3 is 1. The van der Waals surface area contributed by atoms with E-state index in [9.17, 15) is 13.2 Å². The summed E-state index contributed by atoms with van der Waals surface area (Å²) >= 11 is 0. The van der Waals surface area contributed by atoms with Crippen LogP contribution in [0.5, 0.6) is 17.2 Å². The predicted octanol–water partition coefficient (Wildman–Crippen LogP) is 5.16. The molecule has 0 bridgehead atoms. The number of carbonyl (C=O) groups is 1. The van der Waals surface area contributed by atoms with Crippen molar-refractivity contribution in [2.45, 2.75) is 24.7 Å². The first kappa shape index (κ1) is 23.6. The molecule has 0 aromatic heterocycles. The number of sulfonamides is 1. The highest BCUT2D eigenvalue weighted by Gasteiger charge is 2.26. The fourth-order valence-electron chi connectivity index (χ4n) is 3.86. The molecule has 4 rings (SSSR count). The molecule has 3 aromatic rings. The highest BCUT2D eigenvalue weighted by atomic mass is 32.2. The van der Waals surface area contributed by atoms with E-state index in [0.717, 1.165) is 12.8 Å². The third-order valence-corrected chi connectivity index (χ3v) is 7.25. The van der Waals surface area contributed by atoms with Gasteiger partial charge in [-0.15, -0.1) is 0 Å². The van der Waals surface area contributed by atoms with Crippen LogP contribution in [0, 0.1) is 5.92 Å². The van der Waals surface area contributed by atoms with Crippen LogP contribution >= 0.6 is 0 Å². The Labute approximate surface area is 200 Å². The quantitative estimate of drug-likeness (QED) is 0.505. The monoisotopic (exact) mass is 480 g/mol. The molecule has 7 nitrogen and oxygen atoms in total. The zero-order valence-electron chi connectivity index (χ0n) is 19.2. The number of hydrogen-bond donors (Lipinski definition) is 1. The summed E-state index contributed by atoms with van der Waals surface area (Å²) in [6.45, 7) is 3.45. The SMILES string of the molecule is COc1ccc(S(=O)(=O)Nc2ccccc2Oc2ccccc2)cc1C(=O)N1CCC(C)CC1. The first-order chi connectivity index (χ1) is 16.4. The smallest absolute Gasteiger partial charge is 0.262 e. The van der Waals surface area contributed by atoms with Gasteiger partial charge in [-0.2, -0.15) is 0 Å². The summed E-state index contributed by atoms with van der Waals surface area (Å²) in [5, 5.41) is 0. The molecule has 0 atom stereocenters. The summed E-state index contributed by atoms with van der Waals surface area (Å²) in [5.74, 6) is 1.64. The lowest BCUT2D eigenvalue weighted by molar-refractivity contribution is 0.0693. The average Bonchev–Trinajstić information content (AvgIpc) is 2.85. The molecule has 1 amide bonds. The van der Waals surface area contributed by atoms with Crippen molar-refractivity contribution < 1.29 is 22.7 Å². The van der Waals surface area contributed by atoms with E-state index in [2.05, 4.69) is 11.6 Å². The van der Waals surface area contributed by atoms with E-state index < -0.39 is 10.0 Å². The highest BCUT2D eigenvalue weighted by Crippen LogP contribution is 2.32. The van der Waals surface area contributed by atoms with Crippen LogP contribution in [0.3, 0.4) is 0 Å². The van der Waals surface area contributed by atoms with Gasteiger partial charge in [0.2, 0.25) is 0 Å². The molecule has 1 N–H and O–H groups in total. The third-order valence-electron chi connectivity index (χ3n) is 5.88. The molecule has 8 heteroatoms. The van der Waals surface area contributed by atoms with Gasteiger partial charge in [0.05, 0.1) is 23.3 Å². The molecule has 0 spiro atoms. The van der Waals surface area contributed by atoms with Gasteiger partial charge in [-0.1, -0.05) is 37.3 Å². The van der Waals surface area contributed by atoms with E-state index in [1.165, 1.54) is 25.3 Å². The molecule has 178 valence electrons. The summed E-state index contributed by atoms with van der Waals surface area (Å²) in [4.78, 5) is 14.9. The maximum absolute atomic E-state index is 13.3. The predicted molar refractivity (Wildman–Crippen MR) is 131 cm³/mol. The zero-order valence-corrected chi connectivity index (χ0v) is 20.0. The molecule has 1 saturated heterocycles. The van der Waals surface area contributed by atoms with E-state index in [4.69, 9.17) is 9.47 Å². The number of piperidine rings is 1. The van der Waals surface area contributed by atoms with Gasteiger partial charge < -0.3 is 14.4 Å². The number of para-hydroxylation sites is 3. The minimum Gasteiger partial charge on any atom is -0.496 e. The van der Waals surface area contributed by atoms with Crippen molar-refractivity contribution in [2.75, 3.05) is 24.9 Å². The van der Waals surface area contributed by atoms with Crippen molar-refractivity contribution in [3.05, 3.63) is 78.4 Å². The van der Waals surface area contributed by atoms with E-state index in [0.29, 0.717) is 41.9 Å². The van der Waals surface area contributed by atoms with Gasteiger partial charge >= 0.3 is 0 Å². The Hall–Kier alpha value is -3.52. The number of amides is 1. The van der Waals surface area contributed by atoms with Gasteiger partial charge in [-0.3, -0.25) is 9.52 Å². The van der Waals surface area contributed by atoms with Crippen molar-refractivity contribution in [2.24, 2.45) is 5.92 Å². The number of anilines is 1. The minimum atomic E-state index is -4.00. The van der Waals surface area contributed by atoms with Gasteiger partial charge in [0.15, 0.2) is 5.75 Å². The lowest BCUT2D eigenvalue weighted by atomic mass is 9.98. The molecule has 0 saturated carbocycles. The fourth-order valence-corrected chi connectivity index (χ4v) is 4.96. The average molecular weight is 481 g/mol. The molecular weight excluding hydrogens is 452 g/mol. The number of nitrogens with zero attached hydrogens (tertiary/aromatic N) is 1. The van der Waals surface area contributed by atoms with Crippen LogP contribution in [0.15, 0.2) is 77.7 Å². The van der Waals surface area contributed by atoms with Crippen molar-refractivity contribution in [1.29, 1.82) is 0 Å². The van der Waals surface area contributed by atoms with E-state index in [-0.39, 0.29) is 16.4 Å². The molecule has 1 fully saturated rings. The normalized spacial score (nSPS) is 14.5. The lowest BCUT2D eigenvalue weighted by Gasteiger charge is -2.30. The van der Waals surface area contributed by atoms with Crippen LogP contribution in [0.1, 0.15) is 30.1 Å². The second-order valence-corrected chi connectivity index (χ2v) is 10.0. The number of rotatable bonds is 7. The molecule has 1 heterocycles. The maximum Gasteiger partial charge on any atom is 0.262 e. The standard InChI is InChI=1S/C26H28N2O5S/c1-19-14-16-28(17-15-19)26(29)22-18-21(12-13-24(22)32-2)34(30,31)27-23-10-6-7-11-25(23)33-20-8-4-3-5-9-20/h3-13,18-19,27H,14-17H2,1-2H3. The second-order valence-electron chi connectivity index (χ2n) is 8.35. The van der Waals surface area contributed by atoms with Crippen LogP contribution in [0.4, 0.5) is 5.69 Å². The number of hydrogen-bond acceptors (Lipinski definition) is 5. The molecule has 1 aliphatic rings. The Morgan fingerprint density at radius 1 is 0.941 bits per heavy atom. The van der Waals surface area contributed by atoms with E-state index in [1.807, 2.05) is 18.2 Å².